The Morgan fingerprint density at radius 1 is 1.10 bits per heavy atom. The number of carbonyl (C=O) groups is 1. The van der Waals surface area contributed by atoms with Crippen molar-refractivity contribution in [3.8, 4) is 5.75 Å². The van der Waals surface area contributed by atoms with Crippen LogP contribution in [0.25, 0.3) is 10.9 Å². The summed E-state index contributed by atoms with van der Waals surface area (Å²) >= 11 is 0. The molecule has 1 N–H and O–H groups in total. The maximum atomic E-state index is 13.0. The molecule has 29 heavy (non-hydrogen) atoms. The topological polar surface area (TPSA) is 45.3 Å². The van der Waals surface area contributed by atoms with Gasteiger partial charge in [0.15, 0.2) is 5.78 Å². The van der Waals surface area contributed by atoms with Gasteiger partial charge in [0.05, 0.1) is 12.8 Å². The van der Waals surface area contributed by atoms with E-state index in [-0.39, 0.29) is 5.92 Å². The summed E-state index contributed by atoms with van der Waals surface area (Å²) in [4.78, 5) is 18.9. The quantitative estimate of drug-likeness (QED) is 0.681. The van der Waals surface area contributed by atoms with E-state index < -0.39 is 0 Å². The van der Waals surface area contributed by atoms with Gasteiger partial charge in [-0.25, -0.2) is 0 Å². The highest BCUT2D eigenvalue weighted by Gasteiger charge is 2.35. The lowest BCUT2D eigenvalue weighted by Gasteiger charge is -2.33. The van der Waals surface area contributed by atoms with Crippen molar-refractivity contribution >= 4 is 16.7 Å². The third-order valence-electron chi connectivity index (χ3n) is 6.76. The monoisotopic (exact) mass is 388 g/mol. The number of fused-ring (bicyclic) bond motifs is 3. The number of methoxy groups -OCH3 is 1. The van der Waals surface area contributed by atoms with Crippen LogP contribution in [0.15, 0.2) is 48.5 Å². The lowest BCUT2D eigenvalue weighted by Crippen LogP contribution is -2.34. The minimum Gasteiger partial charge on any atom is -0.497 e. The second-order valence-electron chi connectivity index (χ2n) is 8.60. The van der Waals surface area contributed by atoms with Gasteiger partial charge >= 0.3 is 0 Å². The molecular weight excluding hydrogens is 360 g/mol. The SMILES string of the molecule is COc1ccc2c3c([nH]c2c1)C(=O)C(CC1CCN(Cc2ccccc2)CC1)C3. The Morgan fingerprint density at radius 2 is 1.90 bits per heavy atom. The normalized spacial score (nSPS) is 20.3. The zero-order chi connectivity index (χ0) is 19.8. The number of H-pyrrole nitrogens is 1. The highest BCUT2D eigenvalue weighted by atomic mass is 16.5. The first-order valence-corrected chi connectivity index (χ1v) is 10.7. The Hall–Kier alpha value is -2.59. The molecule has 4 heteroatoms. The van der Waals surface area contributed by atoms with Crippen LogP contribution in [0.5, 0.6) is 5.75 Å². The van der Waals surface area contributed by atoms with Crippen LogP contribution in [0.3, 0.4) is 0 Å². The highest BCUT2D eigenvalue weighted by molar-refractivity contribution is 6.07. The van der Waals surface area contributed by atoms with Gasteiger partial charge in [0.1, 0.15) is 5.75 Å². The number of nitrogens with zero attached hydrogens (tertiary/aromatic N) is 1. The molecule has 0 amide bonds. The largest absolute Gasteiger partial charge is 0.497 e. The molecular formula is C25H28N2O2. The van der Waals surface area contributed by atoms with Gasteiger partial charge in [-0.2, -0.15) is 0 Å². The third kappa shape index (κ3) is 3.58. The molecule has 1 fully saturated rings. The van der Waals surface area contributed by atoms with Crippen LogP contribution in [-0.2, 0) is 13.0 Å². The average molecular weight is 389 g/mol. The van der Waals surface area contributed by atoms with Gasteiger partial charge in [-0.15, -0.1) is 0 Å². The molecule has 1 saturated heterocycles. The minimum atomic E-state index is 0.147. The average Bonchev–Trinajstić information content (AvgIpc) is 3.26. The molecule has 1 atom stereocenters. The number of aromatic nitrogens is 1. The van der Waals surface area contributed by atoms with Gasteiger partial charge in [0, 0.05) is 29.4 Å². The molecule has 3 aromatic rings. The summed E-state index contributed by atoms with van der Waals surface area (Å²) in [5, 5.41) is 1.18. The van der Waals surface area contributed by atoms with Gasteiger partial charge in [-0.1, -0.05) is 30.3 Å². The maximum Gasteiger partial charge on any atom is 0.182 e. The van der Waals surface area contributed by atoms with E-state index in [2.05, 4.69) is 46.3 Å². The van der Waals surface area contributed by atoms with Crippen molar-refractivity contribution in [3.05, 3.63) is 65.4 Å². The first-order valence-electron chi connectivity index (χ1n) is 10.7. The van der Waals surface area contributed by atoms with E-state index >= 15 is 0 Å². The van der Waals surface area contributed by atoms with Gasteiger partial charge < -0.3 is 9.72 Å². The fraction of sp³-hybridized carbons (Fsp3) is 0.400. The summed E-state index contributed by atoms with van der Waals surface area (Å²) in [5.41, 5.74) is 4.44. The van der Waals surface area contributed by atoms with Crippen LogP contribution in [0.1, 0.15) is 40.9 Å². The third-order valence-corrected chi connectivity index (χ3v) is 6.76. The zero-order valence-corrected chi connectivity index (χ0v) is 17.0. The van der Waals surface area contributed by atoms with Gasteiger partial charge in [-0.3, -0.25) is 9.69 Å². The number of Topliss-reactive ketones (excluding diaryl/α,β-unsaturated/α-hetero) is 1. The van der Waals surface area contributed by atoms with E-state index in [1.165, 1.54) is 29.4 Å². The fourth-order valence-electron chi connectivity index (χ4n) is 5.14. The number of aromatic amines is 1. The number of ketones is 1. The number of nitrogens with one attached hydrogen (secondary N) is 1. The summed E-state index contributed by atoms with van der Waals surface area (Å²) in [5.74, 6) is 1.94. The molecule has 1 aliphatic carbocycles. The predicted octanol–water partition coefficient (Wildman–Crippen LogP) is 4.83. The van der Waals surface area contributed by atoms with Crippen molar-refractivity contribution in [2.45, 2.75) is 32.2 Å². The smallest absolute Gasteiger partial charge is 0.182 e. The van der Waals surface area contributed by atoms with Crippen LogP contribution < -0.4 is 4.74 Å². The highest BCUT2D eigenvalue weighted by Crippen LogP contribution is 2.38. The molecule has 0 spiro atoms. The number of likely N-dealkylation sites (tertiary alicyclic amines) is 1. The molecule has 1 unspecified atom stereocenters. The molecule has 0 saturated carbocycles. The Bertz CT molecular complexity index is 1020. The summed E-state index contributed by atoms with van der Waals surface area (Å²) in [7, 11) is 1.67. The number of carbonyl (C=O) groups excluding carboxylic acids is 1. The van der Waals surface area contributed by atoms with E-state index in [4.69, 9.17) is 4.74 Å². The first kappa shape index (κ1) is 18.4. The van der Waals surface area contributed by atoms with Crippen LogP contribution in [0.4, 0.5) is 0 Å². The molecule has 0 radical (unpaired) electrons. The molecule has 0 bridgehead atoms. The van der Waals surface area contributed by atoms with E-state index in [9.17, 15) is 4.79 Å². The van der Waals surface area contributed by atoms with Crippen molar-refractivity contribution in [1.29, 1.82) is 0 Å². The van der Waals surface area contributed by atoms with Gasteiger partial charge in [-0.05, 0) is 68.0 Å². The van der Waals surface area contributed by atoms with Crippen LogP contribution in [0, 0.1) is 11.8 Å². The Kier molecular flexibility index (Phi) is 4.88. The summed E-state index contributed by atoms with van der Waals surface area (Å²) in [6.07, 6.45) is 4.30. The number of rotatable bonds is 5. The molecule has 2 heterocycles. The Morgan fingerprint density at radius 3 is 2.66 bits per heavy atom. The molecule has 1 aromatic heterocycles. The second kappa shape index (κ2) is 7.68. The standard InChI is InChI=1S/C25H28N2O2/c1-29-20-7-8-21-22-14-19(25(28)24(22)26-23(21)15-20)13-17-9-11-27(12-10-17)16-18-5-3-2-4-6-18/h2-8,15,17,19,26H,9-14,16H2,1H3. The Balaban J connectivity index is 1.20. The van der Waals surface area contributed by atoms with Crippen molar-refractivity contribution in [3.63, 3.8) is 0 Å². The number of hydrogen-bond donors (Lipinski definition) is 1. The first-order chi connectivity index (χ1) is 14.2. The van der Waals surface area contributed by atoms with Crippen molar-refractivity contribution in [2.24, 2.45) is 11.8 Å². The number of benzene rings is 2. The van der Waals surface area contributed by atoms with Crippen LogP contribution in [0.2, 0.25) is 0 Å². The summed E-state index contributed by atoms with van der Waals surface area (Å²) in [6, 6.07) is 16.8. The minimum absolute atomic E-state index is 0.147. The maximum absolute atomic E-state index is 13.0. The van der Waals surface area contributed by atoms with E-state index in [1.54, 1.807) is 7.11 Å². The lowest BCUT2D eigenvalue weighted by atomic mass is 9.85. The van der Waals surface area contributed by atoms with Crippen LogP contribution >= 0.6 is 0 Å². The molecule has 2 aromatic carbocycles. The number of piperidine rings is 1. The lowest BCUT2D eigenvalue weighted by molar-refractivity contribution is 0.0892. The van der Waals surface area contributed by atoms with Crippen molar-refractivity contribution < 1.29 is 9.53 Å². The molecule has 2 aliphatic rings. The summed E-state index contributed by atoms with van der Waals surface area (Å²) < 4.78 is 5.31. The molecule has 4 nitrogen and oxygen atoms in total. The Labute approximate surface area is 171 Å². The molecule has 5 rings (SSSR count). The molecule has 150 valence electrons. The summed E-state index contributed by atoms with van der Waals surface area (Å²) in [6.45, 7) is 3.30. The van der Waals surface area contributed by atoms with Crippen molar-refractivity contribution in [2.75, 3.05) is 20.2 Å². The van der Waals surface area contributed by atoms with Gasteiger partial charge in [0.25, 0.3) is 0 Å². The van der Waals surface area contributed by atoms with E-state index in [0.717, 1.165) is 49.4 Å². The van der Waals surface area contributed by atoms with E-state index in [1.807, 2.05) is 12.1 Å². The second-order valence-corrected chi connectivity index (χ2v) is 8.60. The van der Waals surface area contributed by atoms with Crippen LogP contribution in [-0.4, -0.2) is 35.9 Å². The predicted molar refractivity (Wildman–Crippen MR) is 115 cm³/mol. The fourth-order valence-corrected chi connectivity index (χ4v) is 5.14. The molecule has 1 aliphatic heterocycles. The van der Waals surface area contributed by atoms with E-state index in [0.29, 0.717) is 11.7 Å². The number of hydrogen-bond acceptors (Lipinski definition) is 3. The number of ether oxygens (including phenoxy) is 1. The zero-order valence-electron chi connectivity index (χ0n) is 17.0. The van der Waals surface area contributed by atoms with Gasteiger partial charge in [0.2, 0.25) is 0 Å². The van der Waals surface area contributed by atoms with Crippen molar-refractivity contribution in [1.82, 2.24) is 9.88 Å².